The number of nitrogen functional groups attached to an aromatic ring is 1. The molecule has 7 nitrogen and oxygen atoms in total. The zero-order valence-electron chi connectivity index (χ0n) is 14.1. The highest BCUT2D eigenvalue weighted by atomic mass is 16.5. The van der Waals surface area contributed by atoms with Crippen LogP contribution in [0.3, 0.4) is 0 Å². The van der Waals surface area contributed by atoms with E-state index in [-0.39, 0.29) is 11.4 Å². The number of benzene rings is 2. The second-order valence-corrected chi connectivity index (χ2v) is 5.91. The first-order valence-electron chi connectivity index (χ1n) is 8.06. The van der Waals surface area contributed by atoms with Gasteiger partial charge in [0.2, 0.25) is 0 Å². The molecule has 0 spiro atoms. The Hall–Kier alpha value is -3.61. The maximum absolute atomic E-state index is 12.0. The summed E-state index contributed by atoms with van der Waals surface area (Å²) in [5.74, 6) is 0.340. The molecule has 0 fully saturated rings. The van der Waals surface area contributed by atoms with Gasteiger partial charge in [-0.2, -0.15) is 0 Å². The molecular formula is C19H17N5O2. The molecule has 4 rings (SSSR count). The Kier molecular flexibility index (Phi) is 3.69. The van der Waals surface area contributed by atoms with Gasteiger partial charge in [-0.05, 0) is 18.2 Å². The average molecular weight is 347 g/mol. The minimum Gasteiger partial charge on any atom is -0.496 e. The fourth-order valence-corrected chi connectivity index (χ4v) is 3.12. The number of hydrogen-bond acceptors (Lipinski definition) is 5. The lowest BCUT2D eigenvalue weighted by molar-refractivity contribution is 0.100. The molecule has 0 saturated carbocycles. The number of para-hydroxylation sites is 3. The Bertz CT molecular complexity index is 1150. The lowest BCUT2D eigenvalue weighted by Crippen LogP contribution is -2.14. The van der Waals surface area contributed by atoms with Crippen molar-refractivity contribution in [3.05, 3.63) is 59.7 Å². The van der Waals surface area contributed by atoms with Crippen LogP contribution in [0, 0.1) is 0 Å². The number of amides is 1. The second-order valence-electron chi connectivity index (χ2n) is 5.91. The third-order valence-corrected chi connectivity index (χ3v) is 4.36. The van der Waals surface area contributed by atoms with Crippen LogP contribution in [0.4, 0.5) is 5.82 Å². The molecule has 7 heteroatoms. The Morgan fingerprint density at radius 3 is 2.42 bits per heavy atom. The predicted octanol–water partition coefficient (Wildman–Crippen LogP) is 2.32. The van der Waals surface area contributed by atoms with Gasteiger partial charge in [0.1, 0.15) is 22.6 Å². The Labute approximate surface area is 149 Å². The molecule has 0 bridgehead atoms. The number of aromatic nitrogens is 3. The van der Waals surface area contributed by atoms with Crippen LogP contribution in [0.25, 0.3) is 22.2 Å². The summed E-state index contributed by atoms with van der Waals surface area (Å²) in [6.45, 7) is 0.382. The molecule has 0 aliphatic carbocycles. The number of methoxy groups -OCH3 is 1. The molecule has 1 amide bonds. The molecule has 2 aromatic carbocycles. The van der Waals surface area contributed by atoms with Crippen molar-refractivity contribution in [2.24, 2.45) is 5.73 Å². The zero-order valence-corrected chi connectivity index (χ0v) is 14.1. The number of primary amides is 1. The SMILES string of the molecule is COc1ccccc1Cn1c(N)c(C(N)=O)c2nc3ccccc3nc21. The minimum atomic E-state index is -0.629. The number of hydrogen-bond donors (Lipinski definition) is 2. The van der Waals surface area contributed by atoms with Crippen molar-refractivity contribution in [2.75, 3.05) is 12.8 Å². The Balaban J connectivity index is 2.00. The summed E-state index contributed by atoms with van der Waals surface area (Å²) in [5, 5.41) is 0. The number of carbonyl (C=O) groups is 1. The Morgan fingerprint density at radius 1 is 1.08 bits per heavy atom. The molecule has 130 valence electrons. The topological polar surface area (TPSA) is 109 Å². The van der Waals surface area contributed by atoms with Crippen molar-refractivity contribution < 1.29 is 9.53 Å². The molecule has 4 N–H and O–H groups in total. The molecule has 0 radical (unpaired) electrons. The molecule has 0 saturated heterocycles. The molecule has 0 aliphatic heterocycles. The highest BCUT2D eigenvalue weighted by molar-refractivity contribution is 6.10. The molecule has 26 heavy (non-hydrogen) atoms. The van der Waals surface area contributed by atoms with Crippen molar-refractivity contribution in [1.82, 2.24) is 14.5 Å². The minimum absolute atomic E-state index is 0.188. The fraction of sp³-hybridized carbons (Fsp3) is 0.105. The molecule has 0 unspecified atom stereocenters. The molecule has 2 aromatic heterocycles. The van der Waals surface area contributed by atoms with Gasteiger partial charge >= 0.3 is 0 Å². The van der Waals surface area contributed by atoms with E-state index in [0.29, 0.717) is 23.2 Å². The zero-order chi connectivity index (χ0) is 18.3. The van der Waals surface area contributed by atoms with Crippen LogP contribution < -0.4 is 16.2 Å². The van der Waals surface area contributed by atoms with Crippen LogP contribution in [0.2, 0.25) is 0 Å². The monoisotopic (exact) mass is 347 g/mol. The lowest BCUT2D eigenvalue weighted by Gasteiger charge is -2.11. The number of rotatable bonds is 4. The summed E-state index contributed by atoms with van der Waals surface area (Å²) in [6.07, 6.45) is 0. The van der Waals surface area contributed by atoms with Gasteiger partial charge in [0, 0.05) is 5.56 Å². The third kappa shape index (κ3) is 2.41. The highest BCUT2D eigenvalue weighted by Crippen LogP contribution is 2.29. The summed E-state index contributed by atoms with van der Waals surface area (Å²) in [6, 6.07) is 15.0. The largest absolute Gasteiger partial charge is 0.496 e. The third-order valence-electron chi connectivity index (χ3n) is 4.36. The molecule has 0 atom stereocenters. The molecule has 4 aromatic rings. The van der Waals surface area contributed by atoms with Gasteiger partial charge in [-0.25, -0.2) is 9.97 Å². The van der Waals surface area contributed by atoms with Gasteiger partial charge in [0.25, 0.3) is 5.91 Å². The van der Waals surface area contributed by atoms with Crippen LogP contribution in [-0.4, -0.2) is 27.6 Å². The van der Waals surface area contributed by atoms with E-state index in [1.807, 2.05) is 48.5 Å². The van der Waals surface area contributed by atoms with Crippen LogP contribution in [0.15, 0.2) is 48.5 Å². The van der Waals surface area contributed by atoms with Crippen LogP contribution in [0.1, 0.15) is 15.9 Å². The first-order chi connectivity index (χ1) is 12.6. The van der Waals surface area contributed by atoms with Crippen molar-refractivity contribution in [1.29, 1.82) is 0 Å². The number of nitrogens with zero attached hydrogens (tertiary/aromatic N) is 3. The fourth-order valence-electron chi connectivity index (χ4n) is 3.12. The van der Waals surface area contributed by atoms with Gasteiger partial charge in [-0.1, -0.05) is 30.3 Å². The van der Waals surface area contributed by atoms with Gasteiger partial charge in [0.15, 0.2) is 5.65 Å². The average Bonchev–Trinajstić information content (AvgIpc) is 2.91. The van der Waals surface area contributed by atoms with E-state index in [4.69, 9.17) is 16.2 Å². The highest BCUT2D eigenvalue weighted by Gasteiger charge is 2.22. The van der Waals surface area contributed by atoms with E-state index < -0.39 is 5.91 Å². The van der Waals surface area contributed by atoms with Crippen molar-refractivity contribution in [3.63, 3.8) is 0 Å². The first-order valence-corrected chi connectivity index (χ1v) is 8.06. The predicted molar refractivity (Wildman–Crippen MR) is 100 cm³/mol. The number of anilines is 1. The number of fused-ring (bicyclic) bond motifs is 2. The van der Waals surface area contributed by atoms with Gasteiger partial charge in [-0.3, -0.25) is 4.79 Å². The summed E-state index contributed by atoms with van der Waals surface area (Å²) >= 11 is 0. The maximum Gasteiger partial charge on any atom is 0.254 e. The van der Waals surface area contributed by atoms with Crippen LogP contribution >= 0.6 is 0 Å². The van der Waals surface area contributed by atoms with Crippen LogP contribution in [-0.2, 0) is 6.54 Å². The van der Waals surface area contributed by atoms with E-state index in [9.17, 15) is 4.79 Å². The number of nitrogens with two attached hydrogens (primary N) is 2. The lowest BCUT2D eigenvalue weighted by atomic mass is 10.2. The molecule has 2 heterocycles. The van der Waals surface area contributed by atoms with E-state index in [2.05, 4.69) is 9.97 Å². The summed E-state index contributed by atoms with van der Waals surface area (Å²) in [7, 11) is 1.61. The number of ether oxygens (including phenoxy) is 1. The van der Waals surface area contributed by atoms with Gasteiger partial charge < -0.3 is 20.8 Å². The van der Waals surface area contributed by atoms with Crippen molar-refractivity contribution in [3.8, 4) is 5.75 Å². The molecule has 0 aliphatic rings. The standard InChI is InChI=1S/C19H17N5O2/c1-26-14-9-5-2-6-11(14)10-24-17(20)15(18(21)25)16-19(24)23-13-8-4-3-7-12(13)22-16/h2-9H,10,20H2,1H3,(H2,21,25). The van der Waals surface area contributed by atoms with E-state index >= 15 is 0 Å². The van der Waals surface area contributed by atoms with E-state index in [1.165, 1.54) is 0 Å². The Morgan fingerprint density at radius 2 is 1.73 bits per heavy atom. The summed E-state index contributed by atoms with van der Waals surface area (Å²) < 4.78 is 7.15. The second kappa shape index (κ2) is 6.03. The summed E-state index contributed by atoms with van der Waals surface area (Å²) in [4.78, 5) is 21.2. The first kappa shape index (κ1) is 15.9. The normalized spacial score (nSPS) is 11.1. The van der Waals surface area contributed by atoms with E-state index in [0.717, 1.165) is 16.8 Å². The van der Waals surface area contributed by atoms with Crippen LogP contribution in [0.5, 0.6) is 5.75 Å². The smallest absolute Gasteiger partial charge is 0.254 e. The quantitative estimate of drug-likeness (QED) is 0.589. The summed E-state index contributed by atoms with van der Waals surface area (Å²) in [5.41, 5.74) is 15.2. The van der Waals surface area contributed by atoms with E-state index in [1.54, 1.807) is 11.7 Å². The van der Waals surface area contributed by atoms with Gasteiger partial charge in [0.05, 0.1) is 24.7 Å². The van der Waals surface area contributed by atoms with Gasteiger partial charge in [-0.15, -0.1) is 0 Å². The maximum atomic E-state index is 12.0. The number of carbonyl (C=O) groups excluding carboxylic acids is 1. The van der Waals surface area contributed by atoms with Crippen molar-refractivity contribution >= 4 is 33.9 Å². The molecular weight excluding hydrogens is 330 g/mol. The van der Waals surface area contributed by atoms with Crippen molar-refractivity contribution in [2.45, 2.75) is 6.54 Å².